The fraction of sp³-hybridized carbons (Fsp3) is 0.667. The van der Waals surface area contributed by atoms with Gasteiger partial charge in [0, 0.05) is 26.2 Å². The van der Waals surface area contributed by atoms with Crippen LogP contribution in [-0.2, 0) is 16.1 Å². The van der Waals surface area contributed by atoms with E-state index >= 15 is 0 Å². The van der Waals surface area contributed by atoms with Gasteiger partial charge in [-0.3, -0.25) is 9.69 Å². The number of hydrogen-bond donors (Lipinski definition) is 1. The van der Waals surface area contributed by atoms with Gasteiger partial charge in [0.05, 0.1) is 0 Å². The van der Waals surface area contributed by atoms with E-state index in [0.717, 1.165) is 39.0 Å². The Bertz CT molecular complexity index is 590. The summed E-state index contributed by atoms with van der Waals surface area (Å²) >= 11 is 0. The van der Waals surface area contributed by atoms with E-state index < -0.39 is 11.1 Å². The molecule has 1 saturated heterocycles. The molecule has 138 valence electrons. The van der Waals surface area contributed by atoms with Crippen LogP contribution >= 0.6 is 0 Å². The third-order valence-electron chi connectivity index (χ3n) is 5.33. The van der Waals surface area contributed by atoms with Crippen LogP contribution in [0.3, 0.4) is 0 Å². The normalized spacial score (nSPS) is 25.8. The first-order chi connectivity index (χ1) is 11.8. The zero-order valence-corrected chi connectivity index (χ0v) is 16.0. The Labute approximate surface area is 151 Å². The van der Waals surface area contributed by atoms with Gasteiger partial charge in [-0.15, -0.1) is 0 Å². The second-order valence-electron chi connectivity index (χ2n) is 8.88. The summed E-state index contributed by atoms with van der Waals surface area (Å²) in [7, 11) is 0. The maximum absolute atomic E-state index is 12.4. The molecule has 1 aliphatic carbocycles. The molecule has 0 radical (unpaired) electrons. The standard InChI is InChI=1S/C21H32N2O2/c1-16-13-23(14-17-8-6-5-7-9-17)15-18(16)12-22-21(10-11-21)19(24)25-20(2,3)4/h5-9,16,18,22H,10-15H2,1-4H3/t16-,18+/m0/s1. The van der Waals surface area contributed by atoms with Gasteiger partial charge in [0.25, 0.3) is 0 Å². The van der Waals surface area contributed by atoms with Crippen LogP contribution in [0.15, 0.2) is 30.3 Å². The van der Waals surface area contributed by atoms with E-state index in [9.17, 15) is 4.79 Å². The smallest absolute Gasteiger partial charge is 0.326 e. The molecule has 4 heteroatoms. The number of benzene rings is 1. The van der Waals surface area contributed by atoms with E-state index in [0.29, 0.717) is 11.8 Å². The van der Waals surface area contributed by atoms with E-state index in [1.165, 1.54) is 5.56 Å². The highest BCUT2D eigenvalue weighted by atomic mass is 16.6. The molecule has 2 fully saturated rings. The first-order valence-electron chi connectivity index (χ1n) is 9.52. The molecule has 25 heavy (non-hydrogen) atoms. The number of carbonyl (C=O) groups is 1. The molecular formula is C21H32N2O2. The molecule has 0 unspecified atom stereocenters. The summed E-state index contributed by atoms with van der Waals surface area (Å²) in [6, 6.07) is 10.7. The van der Waals surface area contributed by atoms with Crippen molar-refractivity contribution < 1.29 is 9.53 Å². The van der Waals surface area contributed by atoms with Crippen molar-refractivity contribution in [3.63, 3.8) is 0 Å². The molecule has 1 heterocycles. The summed E-state index contributed by atoms with van der Waals surface area (Å²) in [6.07, 6.45) is 1.80. The van der Waals surface area contributed by atoms with Crippen LogP contribution in [0.25, 0.3) is 0 Å². The zero-order chi connectivity index (χ0) is 18.1. The van der Waals surface area contributed by atoms with E-state index in [4.69, 9.17) is 4.74 Å². The van der Waals surface area contributed by atoms with E-state index in [2.05, 4.69) is 47.5 Å². The Morgan fingerprint density at radius 1 is 1.24 bits per heavy atom. The summed E-state index contributed by atoms with van der Waals surface area (Å²) < 4.78 is 5.60. The largest absolute Gasteiger partial charge is 0.459 e. The van der Waals surface area contributed by atoms with Gasteiger partial charge < -0.3 is 10.1 Å². The minimum atomic E-state index is -0.417. The fourth-order valence-electron chi connectivity index (χ4n) is 3.66. The summed E-state index contributed by atoms with van der Waals surface area (Å²) in [5.74, 6) is 1.15. The minimum Gasteiger partial charge on any atom is -0.459 e. The molecular weight excluding hydrogens is 312 g/mol. The molecule has 0 bridgehead atoms. The van der Waals surface area contributed by atoms with Crippen molar-refractivity contribution in [2.75, 3.05) is 19.6 Å². The second-order valence-corrected chi connectivity index (χ2v) is 8.88. The predicted octanol–water partition coefficient (Wildman–Crippen LogP) is 3.22. The summed E-state index contributed by atoms with van der Waals surface area (Å²) in [5.41, 5.74) is 0.539. The van der Waals surface area contributed by atoms with Gasteiger partial charge in [0.2, 0.25) is 0 Å². The lowest BCUT2D eigenvalue weighted by atomic mass is 9.98. The van der Waals surface area contributed by atoms with E-state index in [1.807, 2.05) is 20.8 Å². The van der Waals surface area contributed by atoms with Gasteiger partial charge >= 0.3 is 5.97 Å². The van der Waals surface area contributed by atoms with Crippen LogP contribution < -0.4 is 5.32 Å². The van der Waals surface area contributed by atoms with Crippen molar-refractivity contribution in [3.8, 4) is 0 Å². The van der Waals surface area contributed by atoms with Crippen molar-refractivity contribution in [2.45, 2.75) is 58.2 Å². The maximum Gasteiger partial charge on any atom is 0.326 e. The van der Waals surface area contributed by atoms with Gasteiger partial charge in [-0.05, 0) is 51.0 Å². The number of likely N-dealkylation sites (tertiary alicyclic amines) is 1. The number of hydrogen-bond acceptors (Lipinski definition) is 4. The highest BCUT2D eigenvalue weighted by molar-refractivity contribution is 5.84. The average molecular weight is 344 g/mol. The molecule has 1 N–H and O–H groups in total. The number of nitrogens with zero attached hydrogens (tertiary/aromatic N) is 1. The Balaban J connectivity index is 1.49. The summed E-state index contributed by atoms with van der Waals surface area (Å²) in [5, 5.41) is 3.55. The van der Waals surface area contributed by atoms with Gasteiger partial charge in [0.1, 0.15) is 11.1 Å². The third kappa shape index (κ3) is 4.83. The summed E-state index contributed by atoms with van der Waals surface area (Å²) in [4.78, 5) is 15.0. The lowest BCUT2D eigenvalue weighted by Crippen LogP contribution is -2.46. The quantitative estimate of drug-likeness (QED) is 0.805. The fourth-order valence-corrected chi connectivity index (χ4v) is 3.66. The lowest BCUT2D eigenvalue weighted by molar-refractivity contribution is -0.158. The summed E-state index contributed by atoms with van der Waals surface area (Å²) in [6.45, 7) is 12.2. The average Bonchev–Trinajstić information content (AvgIpc) is 3.24. The molecule has 0 spiro atoms. The minimum absolute atomic E-state index is 0.0770. The molecule has 1 saturated carbocycles. The molecule has 3 rings (SSSR count). The second kappa shape index (κ2) is 7.08. The molecule has 4 nitrogen and oxygen atoms in total. The molecule has 1 aromatic carbocycles. The van der Waals surface area contributed by atoms with Gasteiger partial charge in [-0.1, -0.05) is 37.3 Å². The van der Waals surface area contributed by atoms with E-state index in [-0.39, 0.29) is 5.97 Å². The Kier molecular flexibility index (Phi) is 5.21. The molecule has 2 aliphatic rings. The molecule has 2 atom stereocenters. The number of nitrogens with one attached hydrogen (secondary N) is 1. The van der Waals surface area contributed by atoms with Crippen molar-refractivity contribution >= 4 is 5.97 Å². The monoisotopic (exact) mass is 344 g/mol. The number of esters is 1. The lowest BCUT2D eigenvalue weighted by Gasteiger charge is -2.26. The van der Waals surface area contributed by atoms with Crippen LogP contribution in [0.2, 0.25) is 0 Å². The van der Waals surface area contributed by atoms with Crippen molar-refractivity contribution in [2.24, 2.45) is 11.8 Å². The van der Waals surface area contributed by atoms with Gasteiger partial charge in [-0.25, -0.2) is 0 Å². The zero-order valence-electron chi connectivity index (χ0n) is 16.0. The predicted molar refractivity (Wildman–Crippen MR) is 100 cm³/mol. The van der Waals surface area contributed by atoms with Gasteiger partial charge in [0.15, 0.2) is 0 Å². The maximum atomic E-state index is 12.4. The van der Waals surface area contributed by atoms with Crippen molar-refractivity contribution in [1.82, 2.24) is 10.2 Å². The Morgan fingerprint density at radius 3 is 2.52 bits per heavy atom. The molecule has 0 aromatic heterocycles. The molecule has 1 aromatic rings. The SMILES string of the molecule is C[C@H]1CN(Cc2ccccc2)C[C@H]1CNC1(C(=O)OC(C)(C)C)CC1. The Hall–Kier alpha value is -1.39. The topological polar surface area (TPSA) is 41.6 Å². The van der Waals surface area contributed by atoms with Crippen LogP contribution in [0.4, 0.5) is 0 Å². The first kappa shape index (κ1) is 18.4. The van der Waals surface area contributed by atoms with Gasteiger partial charge in [-0.2, -0.15) is 0 Å². The Morgan fingerprint density at radius 2 is 1.92 bits per heavy atom. The van der Waals surface area contributed by atoms with Crippen molar-refractivity contribution in [1.29, 1.82) is 0 Å². The van der Waals surface area contributed by atoms with E-state index in [1.54, 1.807) is 0 Å². The highest BCUT2D eigenvalue weighted by Gasteiger charge is 2.52. The van der Waals surface area contributed by atoms with Crippen LogP contribution in [-0.4, -0.2) is 41.6 Å². The molecule has 1 aliphatic heterocycles. The van der Waals surface area contributed by atoms with Crippen LogP contribution in [0, 0.1) is 11.8 Å². The number of carbonyl (C=O) groups excluding carboxylic acids is 1. The van der Waals surface area contributed by atoms with Crippen LogP contribution in [0.5, 0.6) is 0 Å². The number of rotatable bonds is 6. The van der Waals surface area contributed by atoms with Crippen LogP contribution in [0.1, 0.15) is 46.1 Å². The highest BCUT2D eigenvalue weighted by Crippen LogP contribution is 2.38. The molecule has 0 amide bonds. The third-order valence-corrected chi connectivity index (χ3v) is 5.33. The number of ether oxygens (including phenoxy) is 1. The van der Waals surface area contributed by atoms with Crippen molar-refractivity contribution in [3.05, 3.63) is 35.9 Å². The first-order valence-corrected chi connectivity index (χ1v) is 9.52.